The highest BCUT2D eigenvalue weighted by Gasteiger charge is 2.56. The number of rotatable bonds is 12. The van der Waals surface area contributed by atoms with Gasteiger partial charge >= 0.3 is 0 Å². The molecule has 2 aliphatic heterocycles. The number of fused-ring (bicyclic) bond motifs is 1. The third kappa shape index (κ3) is 7.78. The number of phenols is 1. The lowest BCUT2D eigenvalue weighted by atomic mass is 9.67. The first-order valence-corrected chi connectivity index (χ1v) is 18.5. The first kappa shape index (κ1) is 35.3. The van der Waals surface area contributed by atoms with Gasteiger partial charge in [-0.25, -0.2) is 0 Å². The van der Waals surface area contributed by atoms with Crippen LogP contribution in [0.4, 0.5) is 0 Å². The van der Waals surface area contributed by atoms with E-state index in [1.165, 1.54) is 10.5 Å². The average molecular weight is 728 g/mol. The average Bonchev–Trinajstić information content (AvgIpc) is 3.37. The number of likely N-dealkylation sites (tertiary alicyclic amines) is 2. The van der Waals surface area contributed by atoms with Crippen molar-refractivity contribution in [2.45, 2.75) is 70.6 Å². The summed E-state index contributed by atoms with van der Waals surface area (Å²) in [5.74, 6) is -1.89. The number of phenolic OH excluding ortho intramolecular Hbond substituents is 1. The summed E-state index contributed by atoms with van der Waals surface area (Å²) >= 11 is 3.50. The summed E-state index contributed by atoms with van der Waals surface area (Å²) in [6.07, 6.45) is 5.41. The number of aliphatic hydroxyl groups excluding tert-OH is 2. The van der Waals surface area contributed by atoms with Gasteiger partial charge in [-0.3, -0.25) is 19.4 Å². The fraction of sp³-hybridized carbons (Fsp3) is 0.415. The standard InChI is InChI=1S/C41H47BrN2O5/c1-2-9-30-24-34-39(41(49)44(40(34)48)33-18-20-43(21-19-33)25-27-10-5-3-6-11-27)35(26-45)38(30)37(47)16-14-29(28-12-7-4-8-13-28)22-31-23-32(42)15-17-36(31)46/h3-8,10-13,15,17,22-23,33-35,37,39,45-47H,2,9,14,16,18-21,24-26H2,1H3/b29-22-/t34-,35+,37-,39-/m1/s1. The minimum Gasteiger partial charge on any atom is -0.507 e. The van der Waals surface area contributed by atoms with Gasteiger partial charge in [0.15, 0.2) is 0 Å². The number of nitrogens with zero attached hydrogens (tertiary/aromatic N) is 2. The lowest BCUT2D eigenvalue weighted by Gasteiger charge is -2.37. The number of amides is 2. The Morgan fingerprint density at radius 3 is 2.35 bits per heavy atom. The van der Waals surface area contributed by atoms with Crippen molar-refractivity contribution >= 4 is 39.4 Å². The van der Waals surface area contributed by atoms with Crippen LogP contribution in [-0.4, -0.2) is 68.8 Å². The smallest absolute Gasteiger partial charge is 0.234 e. The topological polar surface area (TPSA) is 101 Å². The van der Waals surface area contributed by atoms with Crippen LogP contribution < -0.4 is 0 Å². The van der Waals surface area contributed by atoms with E-state index in [-0.39, 0.29) is 30.2 Å². The second kappa shape index (κ2) is 16.0. The molecule has 3 aromatic carbocycles. The largest absolute Gasteiger partial charge is 0.507 e. The Morgan fingerprint density at radius 1 is 0.980 bits per heavy atom. The maximum Gasteiger partial charge on any atom is 0.234 e. The molecule has 0 radical (unpaired) electrons. The van der Waals surface area contributed by atoms with Crippen LogP contribution in [-0.2, 0) is 16.1 Å². The summed E-state index contributed by atoms with van der Waals surface area (Å²) in [5, 5.41) is 33.3. The van der Waals surface area contributed by atoms with Crippen LogP contribution in [0.1, 0.15) is 68.6 Å². The maximum absolute atomic E-state index is 14.2. The van der Waals surface area contributed by atoms with Gasteiger partial charge in [-0.1, -0.05) is 95.5 Å². The van der Waals surface area contributed by atoms with Gasteiger partial charge in [0.2, 0.25) is 11.8 Å². The fourth-order valence-electron chi connectivity index (χ4n) is 8.29. The highest BCUT2D eigenvalue weighted by atomic mass is 79.9. The molecule has 1 aliphatic carbocycles. The van der Waals surface area contributed by atoms with Gasteiger partial charge in [-0.15, -0.1) is 0 Å². The Morgan fingerprint density at radius 2 is 1.67 bits per heavy atom. The Labute approximate surface area is 298 Å². The van der Waals surface area contributed by atoms with Crippen LogP contribution in [0.5, 0.6) is 5.75 Å². The molecule has 2 amide bonds. The number of carbonyl (C=O) groups excluding carboxylic acids is 2. The van der Waals surface area contributed by atoms with E-state index in [9.17, 15) is 24.9 Å². The van der Waals surface area contributed by atoms with E-state index < -0.39 is 23.9 Å². The molecule has 2 fully saturated rings. The summed E-state index contributed by atoms with van der Waals surface area (Å²) in [4.78, 5) is 32.1. The molecule has 0 unspecified atom stereocenters. The summed E-state index contributed by atoms with van der Waals surface area (Å²) in [7, 11) is 0. The molecular weight excluding hydrogens is 680 g/mol. The zero-order chi connectivity index (χ0) is 34.5. The molecule has 258 valence electrons. The van der Waals surface area contributed by atoms with Crippen molar-refractivity contribution in [3.63, 3.8) is 0 Å². The molecule has 0 aromatic heterocycles. The molecule has 8 heteroatoms. The number of halogens is 1. The SMILES string of the molecule is CCCC1=C([C@H](O)CC/C(=C/c2cc(Br)ccc2O)c2ccccc2)[C@H](CO)[C@@H]2C(=O)N(C3CCN(Cc4ccccc4)CC3)C(=O)[C@@H]2C1. The molecule has 0 spiro atoms. The lowest BCUT2D eigenvalue weighted by molar-refractivity contribution is -0.144. The van der Waals surface area contributed by atoms with Gasteiger partial charge in [0.25, 0.3) is 0 Å². The number of carbonyl (C=O) groups is 2. The first-order valence-electron chi connectivity index (χ1n) is 17.7. The number of piperidine rings is 1. The van der Waals surface area contributed by atoms with Crippen LogP contribution in [0, 0.1) is 17.8 Å². The number of aliphatic hydroxyl groups is 2. The molecule has 0 bridgehead atoms. The number of imide groups is 1. The van der Waals surface area contributed by atoms with E-state index in [0.29, 0.717) is 31.2 Å². The highest BCUT2D eigenvalue weighted by molar-refractivity contribution is 9.10. The molecule has 3 aliphatic rings. The number of benzene rings is 3. The van der Waals surface area contributed by atoms with E-state index in [1.54, 1.807) is 12.1 Å². The van der Waals surface area contributed by atoms with E-state index >= 15 is 0 Å². The van der Waals surface area contributed by atoms with Crippen molar-refractivity contribution in [3.8, 4) is 5.75 Å². The minimum atomic E-state index is -0.888. The molecular formula is C41H47BrN2O5. The zero-order valence-electron chi connectivity index (χ0n) is 28.2. The van der Waals surface area contributed by atoms with Crippen molar-refractivity contribution in [2.24, 2.45) is 17.8 Å². The van der Waals surface area contributed by atoms with Crippen LogP contribution in [0.3, 0.4) is 0 Å². The first-order chi connectivity index (χ1) is 23.8. The molecule has 3 aromatic rings. The van der Waals surface area contributed by atoms with Gasteiger partial charge in [-0.05, 0) is 85.1 Å². The maximum atomic E-state index is 14.2. The zero-order valence-corrected chi connectivity index (χ0v) is 29.8. The van der Waals surface area contributed by atoms with Crippen molar-refractivity contribution in [1.29, 1.82) is 0 Å². The van der Waals surface area contributed by atoms with Crippen molar-refractivity contribution < 1.29 is 24.9 Å². The van der Waals surface area contributed by atoms with Gasteiger partial charge < -0.3 is 15.3 Å². The number of aromatic hydroxyl groups is 1. The van der Waals surface area contributed by atoms with Crippen molar-refractivity contribution in [1.82, 2.24) is 9.80 Å². The number of hydrogen-bond donors (Lipinski definition) is 3. The minimum absolute atomic E-state index is 0.111. The molecule has 2 heterocycles. The van der Waals surface area contributed by atoms with Crippen LogP contribution in [0.2, 0.25) is 0 Å². The highest BCUT2D eigenvalue weighted by Crippen LogP contribution is 2.48. The van der Waals surface area contributed by atoms with Gasteiger partial charge in [0.05, 0.1) is 24.5 Å². The van der Waals surface area contributed by atoms with Crippen LogP contribution >= 0.6 is 15.9 Å². The Kier molecular flexibility index (Phi) is 11.5. The van der Waals surface area contributed by atoms with Crippen molar-refractivity contribution in [2.75, 3.05) is 19.7 Å². The molecule has 4 atom stereocenters. The Hall–Kier alpha value is -3.56. The van der Waals surface area contributed by atoms with E-state index in [1.807, 2.05) is 60.7 Å². The second-order valence-electron chi connectivity index (χ2n) is 13.8. The molecule has 3 N–H and O–H groups in total. The van der Waals surface area contributed by atoms with Gasteiger partial charge in [0, 0.05) is 41.6 Å². The summed E-state index contributed by atoms with van der Waals surface area (Å²) in [6.45, 7) is 4.26. The number of hydrogen-bond acceptors (Lipinski definition) is 6. The van der Waals surface area contributed by atoms with Crippen molar-refractivity contribution in [3.05, 3.63) is 111 Å². The Balaban J connectivity index is 1.20. The summed E-state index contributed by atoms with van der Waals surface area (Å²) in [6, 6.07) is 25.4. The van der Waals surface area contributed by atoms with Crippen LogP contribution in [0.25, 0.3) is 11.6 Å². The van der Waals surface area contributed by atoms with E-state index in [0.717, 1.165) is 65.7 Å². The third-order valence-electron chi connectivity index (χ3n) is 10.6. The Bertz CT molecular complexity index is 1680. The molecule has 6 rings (SSSR count). The second-order valence-corrected chi connectivity index (χ2v) is 14.7. The predicted molar refractivity (Wildman–Crippen MR) is 196 cm³/mol. The monoisotopic (exact) mass is 726 g/mol. The molecule has 49 heavy (non-hydrogen) atoms. The van der Waals surface area contributed by atoms with Gasteiger partial charge in [0.1, 0.15) is 5.75 Å². The number of allylic oxidation sites excluding steroid dienone is 2. The van der Waals surface area contributed by atoms with E-state index in [4.69, 9.17) is 0 Å². The fourth-order valence-corrected chi connectivity index (χ4v) is 8.67. The lowest BCUT2D eigenvalue weighted by Crippen LogP contribution is -2.47. The third-order valence-corrected chi connectivity index (χ3v) is 11.1. The predicted octanol–water partition coefficient (Wildman–Crippen LogP) is 7.21. The molecule has 7 nitrogen and oxygen atoms in total. The summed E-state index contributed by atoms with van der Waals surface area (Å²) in [5.41, 5.74) is 5.61. The van der Waals surface area contributed by atoms with E-state index in [2.05, 4.69) is 39.9 Å². The quantitative estimate of drug-likeness (QED) is 0.104. The normalized spacial score (nSPS) is 22.9. The van der Waals surface area contributed by atoms with Crippen LogP contribution in [0.15, 0.2) is 94.5 Å². The van der Waals surface area contributed by atoms with Gasteiger partial charge in [-0.2, -0.15) is 0 Å². The molecule has 2 saturated heterocycles. The molecule has 0 saturated carbocycles. The summed E-state index contributed by atoms with van der Waals surface area (Å²) < 4.78 is 0.850.